The molecule has 154 valence electrons. The zero-order valence-corrected chi connectivity index (χ0v) is 16.7. The van der Waals surface area contributed by atoms with Crippen LogP contribution in [-0.2, 0) is 22.7 Å². The fourth-order valence-electron chi connectivity index (χ4n) is 3.62. The van der Waals surface area contributed by atoms with Gasteiger partial charge in [0.25, 0.3) is 0 Å². The SMILES string of the molecule is CC(C(=O)NCc1ccccc1F)N1CCC(C(=O)NCc2ccccc2)CC1. The Morgan fingerprint density at radius 1 is 1.00 bits per heavy atom. The summed E-state index contributed by atoms with van der Waals surface area (Å²) >= 11 is 0. The molecule has 1 heterocycles. The molecule has 0 spiro atoms. The number of piperidine rings is 1. The first kappa shape index (κ1) is 21.0. The van der Waals surface area contributed by atoms with Crippen LogP contribution in [0, 0.1) is 11.7 Å². The van der Waals surface area contributed by atoms with Crippen molar-refractivity contribution in [2.75, 3.05) is 13.1 Å². The molecular weight excluding hydrogens is 369 g/mol. The first-order chi connectivity index (χ1) is 14.0. The Morgan fingerprint density at radius 3 is 2.34 bits per heavy atom. The summed E-state index contributed by atoms with van der Waals surface area (Å²) in [6, 6.07) is 16.0. The highest BCUT2D eigenvalue weighted by Gasteiger charge is 2.29. The largest absolute Gasteiger partial charge is 0.352 e. The van der Waals surface area contributed by atoms with Crippen molar-refractivity contribution in [2.24, 2.45) is 5.92 Å². The van der Waals surface area contributed by atoms with Crippen LogP contribution in [0.3, 0.4) is 0 Å². The maximum atomic E-state index is 13.7. The van der Waals surface area contributed by atoms with Crippen LogP contribution in [0.2, 0.25) is 0 Å². The van der Waals surface area contributed by atoms with Crippen molar-refractivity contribution in [2.45, 2.75) is 38.9 Å². The molecule has 2 N–H and O–H groups in total. The molecule has 1 saturated heterocycles. The molecule has 1 atom stereocenters. The second kappa shape index (κ2) is 10.2. The third kappa shape index (κ3) is 5.87. The predicted octanol–water partition coefficient (Wildman–Crippen LogP) is 2.86. The summed E-state index contributed by atoms with van der Waals surface area (Å²) in [6.07, 6.45) is 1.46. The molecule has 1 aliphatic heterocycles. The van der Waals surface area contributed by atoms with E-state index in [1.807, 2.05) is 37.3 Å². The lowest BCUT2D eigenvalue weighted by atomic mass is 9.94. The Labute approximate surface area is 171 Å². The molecule has 3 rings (SSSR count). The van der Waals surface area contributed by atoms with Crippen LogP contribution in [0.15, 0.2) is 54.6 Å². The number of amides is 2. The van der Waals surface area contributed by atoms with E-state index >= 15 is 0 Å². The van der Waals surface area contributed by atoms with Crippen molar-refractivity contribution in [3.05, 3.63) is 71.5 Å². The molecule has 2 aromatic rings. The molecule has 1 unspecified atom stereocenters. The molecular formula is C23H28FN3O2. The first-order valence-electron chi connectivity index (χ1n) is 10.1. The predicted molar refractivity (Wildman–Crippen MR) is 110 cm³/mol. The van der Waals surface area contributed by atoms with Crippen LogP contribution in [0.5, 0.6) is 0 Å². The van der Waals surface area contributed by atoms with Gasteiger partial charge in [-0.15, -0.1) is 0 Å². The van der Waals surface area contributed by atoms with Gasteiger partial charge < -0.3 is 10.6 Å². The third-order valence-electron chi connectivity index (χ3n) is 5.55. The molecule has 2 aromatic carbocycles. The standard InChI is InChI=1S/C23H28FN3O2/c1-17(22(28)26-16-20-9-5-6-10-21(20)24)27-13-11-19(12-14-27)23(29)25-15-18-7-3-2-4-8-18/h2-10,17,19H,11-16H2,1H3,(H,25,29)(H,26,28). The topological polar surface area (TPSA) is 61.4 Å². The molecule has 5 nitrogen and oxygen atoms in total. The number of nitrogens with zero attached hydrogens (tertiary/aromatic N) is 1. The van der Waals surface area contributed by atoms with Gasteiger partial charge in [0.05, 0.1) is 6.04 Å². The number of rotatable bonds is 7. The Bertz CT molecular complexity index is 820. The fraction of sp³-hybridized carbons (Fsp3) is 0.391. The van der Waals surface area contributed by atoms with E-state index in [0.29, 0.717) is 25.2 Å². The lowest BCUT2D eigenvalue weighted by molar-refractivity contribution is -0.128. The Balaban J connectivity index is 1.41. The highest BCUT2D eigenvalue weighted by molar-refractivity contribution is 5.81. The molecule has 29 heavy (non-hydrogen) atoms. The third-order valence-corrected chi connectivity index (χ3v) is 5.55. The smallest absolute Gasteiger partial charge is 0.237 e. The van der Waals surface area contributed by atoms with E-state index in [2.05, 4.69) is 15.5 Å². The molecule has 2 amide bonds. The number of carbonyl (C=O) groups is 2. The van der Waals surface area contributed by atoms with E-state index < -0.39 is 0 Å². The van der Waals surface area contributed by atoms with Crippen LogP contribution in [-0.4, -0.2) is 35.8 Å². The summed E-state index contributed by atoms with van der Waals surface area (Å²) in [4.78, 5) is 27.0. The molecule has 1 fully saturated rings. The van der Waals surface area contributed by atoms with Gasteiger partial charge in [-0.2, -0.15) is 0 Å². The van der Waals surface area contributed by atoms with Crippen LogP contribution < -0.4 is 10.6 Å². The van der Waals surface area contributed by atoms with Crippen molar-refractivity contribution in [3.63, 3.8) is 0 Å². The first-order valence-corrected chi connectivity index (χ1v) is 10.1. The lowest BCUT2D eigenvalue weighted by Gasteiger charge is -2.34. The maximum Gasteiger partial charge on any atom is 0.237 e. The minimum atomic E-state index is -0.317. The van der Waals surface area contributed by atoms with Gasteiger partial charge in [-0.3, -0.25) is 14.5 Å². The van der Waals surface area contributed by atoms with Crippen molar-refractivity contribution in [1.82, 2.24) is 15.5 Å². The molecule has 0 radical (unpaired) electrons. The number of hydrogen-bond acceptors (Lipinski definition) is 3. The van der Waals surface area contributed by atoms with Gasteiger partial charge in [-0.1, -0.05) is 48.5 Å². The molecule has 1 aliphatic rings. The quantitative estimate of drug-likeness (QED) is 0.755. The maximum absolute atomic E-state index is 13.7. The highest BCUT2D eigenvalue weighted by atomic mass is 19.1. The van der Waals surface area contributed by atoms with Crippen molar-refractivity contribution < 1.29 is 14.0 Å². The van der Waals surface area contributed by atoms with Gasteiger partial charge in [0, 0.05) is 24.6 Å². The van der Waals surface area contributed by atoms with Gasteiger partial charge in [-0.25, -0.2) is 4.39 Å². The second-order valence-electron chi connectivity index (χ2n) is 7.50. The van der Waals surface area contributed by atoms with Gasteiger partial charge in [-0.05, 0) is 44.5 Å². The van der Waals surface area contributed by atoms with Crippen molar-refractivity contribution in [3.8, 4) is 0 Å². The van der Waals surface area contributed by atoms with E-state index in [1.165, 1.54) is 6.07 Å². The summed E-state index contributed by atoms with van der Waals surface area (Å²) in [5, 5.41) is 5.82. The van der Waals surface area contributed by atoms with Gasteiger partial charge in [0.1, 0.15) is 5.82 Å². The van der Waals surface area contributed by atoms with E-state index in [-0.39, 0.29) is 36.1 Å². The number of carbonyl (C=O) groups excluding carboxylic acids is 2. The highest BCUT2D eigenvalue weighted by Crippen LogP contribution is 2.19. The van der Waals surface area contributed by atoms with E-state index in [9.17, 15) is 14.0 Å². The number of halogens is 1. The fourth-order valence-corrected chi connectivity index (χ4v) is 3.62. The Morgan fingerprint density at radius 2 is 1.66 bits per heavy atom. The average molecular weight is 397 g/mol. The van der Waals surface area contributed by atoms with E-state index in [1.54, 1.807) is 18.2 Å². The number of nitrogens with one attached hydrogen (secondary N) is 2. The van der Waals surface area contributed by atoms with Gasteiger partial charge in [0.15, 0.2) is 0 Å². The summed E-state index contributed by atoms with van der Waals surface area (Å²) < 4.78 is 13.7. The van der Waals surface area contributed by atoms with Crippen LogP contribution in [0.4, 0.5) is 4.39 Å². The molecule has 0 aromatic heterocycles. The molecule has 0 aliphatic carbocycles. The monoisotopic (exact) mass is 397 g/mol. The van der Waals surface area contributed by atoms with Gasteiger partial charge >= 0.3 is 0 Å². The minimum Gasteiger partial charge on any atom is -0.352 e. The van der Waals surface area contributed by atoms with E-state index in [0.717, 1.165) is 18.4 Å². The van der Waals surface area contributed by atoms with Gasteiger partial charge in [0.2, 0.25) is 11.8 Å². The summed E-state index contributed by atoms with van der Waals surface area (Å²) in [7, 11) is 0. The molecule has 6 heteroatoms. The summed E-state index contributed by atoms with van der Waals surface area (Å²) in [5.74, 6) is -0.392. The van der Waals surface area contributed by atoms with Crippen LogP contribution in [0.1, 0.15) is 30.9 Å². The number of likely N-dealkylation sites (tertiary alicyclic amines) is 1. The normalized spacial score (nSPS) is 16.2. The second-order valence-corrected chi connectivity index (χ2v) is 7.50. The average Bonchev–Trinajstić information content (AvgIpc) is 2.77. The van der Waals surface area contributed by atoms with Crippen molar-refractivity contribution >= 4 is 11.8 Å². The summed E-state index contributed by atoms with van der Waals surface area (Å²) in [6.45, 7) is 3.95. The van der Waals surface area contributed by atoms with E-state index in [4.69, 9.17) is 0 Å². The van der Waals surface area contributed by atoms with Crippen LogP contribution in [0.25, 0.3) is 0 Å². The minimum absolute atomic E-state index is 0.0244. The number of hydrogen-bond donors (Lipinski definition) is 2. The summed E-state index contributed by atoms with van der Waals surface area (Å²) in [5.41, 5.74) is 1.56. The molecule has 0 saturated carbocycles. The number of benzene rings is 2. The molecule has 0 bridgehead atoms. The lowest BCUT2D eigenvalue weighted by Crippen LogP contribution is -2.49. The Hall–Kier alpha value is -2.73. The van der Waals surface area contributed by atoms with Crippen LogP contribution >= 0.6 is 0 Å². The zero-order valence-electron chi connectivity index (χ0n) is 16.7. The zero-order chi connectivity index (χ0) is 20.6. The van der Waals surface area contributed by atoms with Crippen molar-refractivity contribution in [1.29, 1.82) is 0 Å². The Kier molecular flexibility index (Phi) is 7.36.